The Morgan fingerprint density at radius 2 is 2.17 bits per heavy atom. The van der Waals surface area contributed by atoms with E-state index in [4.69, 9.17) is 4.74 Å². The second kappa shape index (κ2) is 7.78. The maximum absolute atomic E-state index is 14.0. The second-order valence-electron chi connectivity index (χ2n) is 7.38. The number of fused-ring (bicyclic) bond motifs is 1. The van der Waals surface area contributed by atoms with Gasteiger partial charge in [0, 0.05) is 30.6 Å². The van der Waals surface area contributed by atoms with Crippen molar-refractivity contribution in [3.63, 3.8) is 0 Å². The van der Waals surface area contributed by atoms with Gasteiger partial charge >= 0.3 is 0 Å². The minimum absolute atomic E-state index is 0.153. The molecule has 0 aliphatic heterocycles. The highest BCUT2D eigenvalue weighted by Gasteiger charge is 2.33. The monoisotopic (exact) mass is 413 g/mol. The number of imidazole rings is 1. The number of nitrogens with zero attached hydrogens (tertiary/aromatic N) is 2. The molecule has 1 fully saturated rings. The van der Waals surface area contributed by atoms with E-state index in [1.54, 1.807) is 16.9 Å². The number of benzene rings is 1. The van der Waals surface area contributed by atoms with Crippen molar-refractivity contribution in [3.05, 3.63) is 60.7 Å². The predicted octanol–water partition coefficient (Wildman–Crippen LogP) is 3.92. The van der Waals surface area contributed by atoms with Crippen LogP contribution in [0.4, 0.5) is 8.78 Å². The fraction of sp³-hybridized carbons (Fsp3) is 0.273. The Kier molecular flexibility index (Phi) is 5.15. The molecule has 0 atom stereocenters. The van der Waals surface area contributed by atoms with Crippen molar-refractivity contribution in [2.75, 3.05) is 0 Å². The van der Waals surface area contributed by atoms with Gasteiger partial charge in [0.2, 0.25) is 0 Å². The largest absolute Gasteiger partial charge is 0.505 e. The molecule has 8 heteroatoms. The fourth-order valence-corrected chi connectivity index (χ4v) is 3.63. The predicted molar refractivity (Wildman–Crippen MR) is 107 cm³/mol. The van der Waals surface area contributed by atoms with Crippen molar-refractivity contribution < 1.29 is 23.4 Å². The number of phenolic OH excluding ortho intramolecular Hbond substituents is 1. The number of ether oxygens (including phenoxy) is 1. The standard InChI is InChI=1S/C22H21F2N3O3/c1-3-13-4-20(28)18(24)8-17(13)14-5-21(19-9-25-11-27(19)10-14)30-16-6-15(7-16)26-22(29)12(2)23/h4-5,8-11,15-16,28H,2-3,6-7H2,1H3,(H,26,29)/t15-,16+. The number of carbonyl (C=O) groups excluding carboxylic acids is 1. The molecule has 1 aliphatic rings. The van der Waals surface area contributed by atoms with Crippen LogP contribution < -0.4 is 10.1 Å². The smallest absolute Gasteiger partial charge is 0.279 e. The number of rotatable bonds is 6. The molecular weight excluding hydrogens is 392 g/mol. The molecule has 6 nitrogen and oxygen atoms in total. The van der Waals surface area contributed by atoms with Crippen molar-refractivity contribution in [2.24, 2.45) is 0 Å². The van der Waals surface area contributed by atoms with Crippen molar-refractivity contribution in [1.82, 2.24) is 14.7 Å². The molecule has 2 N–H and O–H groups in total. The molecule has 1 amide bonds. The molecule has 1 aliphatic carbocycles. The number of aromatic hydroxyl groups is 1. The van der Waals surface area contributed by atoms with Gasteiger partial charge in [-0.05, 0) is 35.7 Å². The van der Waals surface area contributed by atoms with Gasteiger partial charge in [0.05, 0.1) is 12.5 Å². The molecule has 0 radical (unpaired) electrons. The van der Waals surface area contributed by atoms with Crippen molar-refractivity contribution in [1.29, 1.82) is 0 Å². The molecular formula is C22H21F2N3O3. The molecule has 1 saturated carbocycles. The minimum atomic E-state index is -1.01. The van der Waals surface area contributed by atoms with Crippen LogP contribution in [0.2, 0.25) is 0 Å². The highest BCUT2D eigenvalue weighted by atomic mass is 19.1. The van der Waals surface area contributed by atoms with Crippen LogP contribution in [-0.2, 0) is 11.2 Å². The molecule has 0 saturated heterocycles. The van der Waals surface area contributed by atoms with Gasteiger partial charge in [0.1, 0.15) is 17.4 Å². The Balaban J connectivity index is 1.60. The lowest BCUT2D eigenvalue weighted by Gasteiger charge is -2.35. The van der Waals surface area contributed by atoms with Crippen molar-refractivity contribution >= 4 is 11.4 Å². The van der Waals surface area contributed by atoms with Crippen LogP contribution in [0, 0.1) is 5.82 Å². The van der Waals surface area contributed by atoms with Crippen LogP contribution in [0.1, 0.15) is 25.3 Å². The van der Waals surface area contributed by atoms with Crippen LogP contribution in [-0.4, -0.2) is 32.5 Å². The minimum Gasteiger partial charge on any atom is -0.505 e. The van der Waals surface area contributed by atoms with Gasteiger partial charge in [-0.3, -0.25) is 4.79 Å². The molecule has 0 unspecified atom stereocenters. The van der Waals surface area contributed by atoms with Gasteiger partial charge in [-0.25, -0.2) is 13.8 Å². The number of aromatic nitrogens is 2. The van der Waals surface area contributed by atoms with E-state index >= 15 is 0 Å². The molecule has 0 bridgehead atoms. The lowest BCUT2D eigenvalue weighted by molar-refractivity contribution is -0.120. The summed E-state index contributed by atoms with van der Waals surface area (Å²) >= 11 is 0. The van der Waals surface area contributed by atoms with Gasteiger partial charge < -0.3 is 19.6 Å². The summed E-state index contributed by atoms with van der Waals surface area (Å²) in [4.78, 5) is 15.5. The van der Waals surface area contributed by atoms with E-state index < -0.39 is 17.6 Å². The zero-order valence-corrected chi connectivity index (χ0v) is 16.4. The van der Waals surface area contributed by atoms with E-state index in [1.807, 2.05) is 19.2 Å². The third kappa shape index (κ3) is 3.72. The number of carbonyl (C=O) groups is 1. The van der Waals surface area contributed by atoms with Crippen LogP contribution in [0.3, 0.4) is 0 Å². The molecule has 156 valence electrons. The zero-order valence-electron chi connectivity index (χ0n) is 16.4. The van der Waals surface area contributed by atoms with Crippen LogP contribution in [0.5, 0.6) is 11.5 Å². The molecule has 3 aromatic rings. The van der Waals surface area contributed by atoms with E-state index in [-0.39, 0.29) is 17.9 Å². The summed E-state index contributed by atoms with van der Waals surface area (Å²) in [6.45, 7) is 4.91. The first-order valence-electron chi connectivity index (χ1n) is 9.65. The van der Waals surface area contributed by atoms with E-state index in [0.717, 1.165) is 16.6 Å². The van der Waals surface area contributed by atoms with Crippen LogP contribution >= 0.6 is 0 Å². The molecule has 2 aromatic heterocycles. The Morgan fingerprint density at radius 1 is 1.40 bits per heavy atom. The Labute approximate surface area is 171 Å². The summed E-state index contributed by atoms with van der Waals surface area (Å²) < 4.78 is 34.8. The maximum atomic E-state index is 14.0. The highest BCUT2D eigenvalue weighted by Crippen LogP contribution is 2.35. The maximum Gasteiger partial charge on any atom is 0.279 e. The van der Waals surface area contributed by atoms with Gasteiger partial charge in [0.25, 0.3) is 5.91 Å². The zero-order chi connectivity index (χ0) is 21.4. The van der Waals surface area contributed by atoms with Gasteiger partial charge in [-0.15, -0.1) is 0 Å². The van der Waals surface area contributed by atoms with E-state index in [2.05, 4.69) is 16.9 Å². The van der Waals surface area contributed by atoms with E-state index in [0.29, 0.717) is 30.6 Å². The number of aryl methyl sites for hydroxylation is 1. The first kappa shape index (κ1) is 19.9. The number of pyridine rings is 1. The number of hydrogen-bond donors (Lipinski definition) is 2. The summed E-state index contributed by atoms with van der Waals surface area (Å²) in [6, 6.07) is 4.39. The summed E-state index contributed by atoms with van der Waals surface area (Å²) in [5.74, 6) is -2.32. The number of phenols is 1. The van der Waals surface area contributed by atoms with Crippen LogP contribution in [0.15, 0.2) is 49.3 Å². The van der Waals surface area contributed by atoms with Gasteiger partial charge in [-0.2, -0.15) is 0 Å². The average Bonchev–Trinajstić information content (AvgIpc) is 3.16. The third-order valence-corrected chi connectivity index (χ3v) is 5.32. The van der Waals surface area contributed by atoms with Crippen LogP contribution in [0.25, 0.3) is 16.6 Å². The van der Waals surface area contributed by atoms with E-state index in [1.165, 1.54) is 12.1 Å². The molecule has 1 aromatic carbocycles. The van der Waals surface area contributed by atoms with E-state index in [9.17, 15) is 18.7 Å². The average molecular weight is 413 g/mol. The molecule has 2 heterocycles. The number of halogens is 2. The third-order valence-electron chi connectivity index (χ3n) is 5.32. The number of amides is 1. The summed E-state index contributed by atoms with van der Waals surface area (Å²) in [6.07, 6.45) is 6.67. The molecule has 30 heavy (non-hydrogen) atoms. The Hall–Kier alpha value is -3.42. The summed E-state index contributed by atoms with van der Waals surface area (Å²) in [7, 11) is 0. The van der Waals surface area contributed by atoms with Gasteiger partial charge in [0.15, 0.2) is 17.4 Å². The molecule has 4 rings (SSSR count). The topological polar surface area (TPSA) is 75.9 Å². The summed E-state index contributed by atoms with van der Waals surface area (Å²) in [5, 5.41) is 12.3. The van der Waals surface area contributed by atoms with Crippen molar-refractivity contribution in [3.8, 4) is 22.6 Å². The number of nitrogens with one attached hydrogen (secondary N) is 1. The Morgan fingerprint density at radius 3 is 2.87 bits per heavy atom. The highest BCUT2D eigenvalue weighted by molar-refractivity contribution is 5.90. The van der Waals surface area contributed by atoms with Gasteiger partial charge in [-0.1, -0.05) is 13.5 Å². The number of hydrogen-bond acceptors (Lipinski definition) is 4. The lowest BCUT2D eigenvalue weighted by Crippen LogP contribution is -2.49. The molecule has 0 spiro atoms. The summed E-state index contributed by atoms with van der Waals surface area (Å²) in [5.41, 5.74) is 2.94. The second-order valence-corrected chi connectivity index (χ2v) is 7.38. The Bertz CT molecular complexity index is 1140. The first-order chi connectivity index (χ1) is 14.4. The lowest BCUT2D eigenvalue weighted by atomic mass is 9.89. The quantitative estimate of drug-likeness (QED) is 0.601. The SMILES string of the molecule is C=C(F)C(=O)N[C@H]1C[C@@H](Oc2cc(-c3cc(F)c(O)cc3CC)cn3cncc23)C1. The normalized spacial score (nSPS) is 18.1. The first-order valence-corrected chi connectivity index (χ1v) is 9.65. The van der Waals surface area contributed by atoms with Crippen molar-refractivity contribution in [2.45, 2.75) is 38.3 Å². The fourth-order valence-electron chi connectivity index (χ4n) is 3.63.